The molecule has 0 radical (unpaired) electrons. The summed E-state index contributed by atoms with van der Waals surface area (Å²) in [5, 5.41) is 30.2. The Morgan fingerprint density at radius 3 is 2.28 bits per heavy atom. The number of anilines is 1. The number of benzene rings is 3. The number of halogens is 1. The summed E-state index contributed by atoms with van der Waals surface area (Å²) in [6.07, 6.45) is 0.0443. The van der Waals surface area contributed by atoms with Crippen LogP contribution < -0.4 is 10.1 Å². The second-order valence-corrected chi connectivity index (χ2v) is 7.30. The number of aromatic carboxylic acids is 1. The molecule has 0 fully saturated rings. The van der Waals surface area contributed by atoms with Crippen LogP contribution in [0.25, 0.3) is 0 Å². The molecular weight excluding hydrogens is 430 g/mol. The van der Waals surface area contributed by atoms with Crippen molar-refractivity contribution >= 4 is 29.2 Å². The van der Waals surface area contributed by atoms with Crippen LogP contribution in [0.4, 0.5) is 5.69 Å². The van der Waals surface area contributed by atoms with Crippen LogP contribution in [0.15, 0.2) is 54.6 Å². The number of ether oxygens (including phenoxy) is 1. The predicted molar refractivity (Wildman–Crippen MR) is 118 cm³/mol. The van der Waals surface area contributed by atoms with Crippen molar-refractivity contribution in [1.29, 1.82) is 10.5 Å². The molecular formula is C24H16ClN3O4. The molecule has 3 rings (SSSR count). The zero-order valence-electron chi connectivity index (χ0n) is 16.8. The number of amides is 1. The Kier molecular flexibility index (Phi) is 6.74. The molecule has 0 spiro atoms. The van der Waals surface area contributed by atoms with Gasteiger partial charge in [0.15, 0.2) is 0 Å². The van der Waals surface area contributed by atoms with Gasteiger partial charge >= 0.3 is 5.97 Å². The normalized spacial score (nSPS) is 10.0. The van der Waals surface area contributed by atoms with Crippen molar-refractivity contribution in [2.24, 2.45) is 0 Å². The van der Waals surface area contributed by atoms with Crippen LogP contribution in [0.3, 0.4) is 0 Å². The van der Waals surface area contributed by atoms with E-state index in [2.05, 4.69) is 5.32 Å². The van der Waals surface area contributed by atoms with Gasteiger partial charge in [-0.15, -0.1) is 0 Å². The third-order valence-electron chi connectivity index (χ3n) is 4.50. The summed E-state index contributed by atoms with van der Waals surface area (Å²) >= 11 is 6.30. The van der Waals surface area contributed by atoms with Gasteiger partial charge in [0.05, 0.1) is 40.3 Å². The maximum Gasteiger partial charge on any atom is 0.335 e. The molecule has 0 unspecified atom stereocenters. The van der Waals surface area contributed by atoms with E-state index >= 15 is 0 Å². The largest absolute Gasteiger partial charge is 0.478 e. The third-order valence-corrected chi connectivity index (χ3v) is 4.80. The molecule has 0 bridgehead atoms. The first-order chi connectivity index (χ1) is 15.3. The van der Waals surface area contributed by atoms with Crippen molar-refractivity contribution in [2.75, 3.05) is 5.32 Å². The Bertz CT molecular complexity index is 1270. The summed E-state index contributed by atoms with van der Waals surface area (Å²) in [6.45, 7) is 1.71. The smallest absolute Gasteiger partial charge is 0.335 e. The van der Waals surface area contributed by atoms with Crippen molar-refractivity contribution in [3.8, 4) is 23.6 Å². The number of nitriles is 2. The van der Waals surface area contributed by atoms with Crippen LogP contribution in [-0.2, 0) is 11.2 Å². The zero-order chi connectivity index (χ0) is 23.3. The third kappa shape index (κ3) is 5.42. The molecule has 158 valence electrons. The highest BCUT2D eigenvalue weighted by atomic mass is 35.5. The van der Waals surface area contributed by atoms with E-state index in [0.717, 1.165) is 0 Å². The van der Waals surface area contributed by atoms with Gasteiger partial charge in [-0.2, -0.15) is 10.5 Å². The number of rotatable bonds is 6. The quantitative estimate of drug-likeness (QED) is 0.546. The SMILES string of the molecule is Cc1cc(C(=O)O)ccc1NC(=O)Cc1ccc(Oc2cc(C#N)cc(C#N)c2)c(Cl)c1. The zero-order valence-corrected chi connectivity index (χ0v) is 17.6. The van der Waals surface area contributed by atoms with E-state index in [-0.39, 0.29) is 34.0 Å². The summed E-state index contributed by atoms with van der Waals surface area (Å²) in [5.74, 6) is -0.712. The average Bonchev–Trinajstić information content (AvgIpc) is 2.76. The van der Waals surface area contributed by atoms with Crippen LogP contribution >= 0.6 is 11.6 Å². The molecule has 2 N–H and O–H groups in total. The molecule has 0 heterocycles. The lowest BCUT2D eigenvalue weighted by Gasteiger charge is -2.11. The summed E-state index contributed by atoms with van der Waals surface area (Å²) in [4.78, 5) is 23.4. The Labute approximate surface area is 189 Å². The van der Waals surface area contributed by atoms with Gasteiger partial charge in [0, 0.05) is 5.69 Å². The highest BCUT2D eigenvalue weighted by Gasteiger charge is 2.12. The fourth-order valence-electron chi connectivity index (χ4n) is 2.97. The minimum Gasteiger partial charge on any atom is -0.478 e. The van der Waals surface area contributed by atoms with Crippen LogP contribution in [0, 0.1) is 29.6 Å². The molecule has 0 aliphatic carbocycles. The number of hydrogen-bond donors (Lipinski definition) is 2. The molecule has 0 aliphatic rings. The fourth-order valence-corrected chi connectivity index (χ4v) is 3.21. The van der Waals surface area contributed by atoms with Gasteiger partial charge in [0.1, 0.15) is 11.5 Å². The number of carbonyl (C=O) groups excluding carboxylic acids is 1. The topological polar surface area (TPSA) is 123 Å². The summed E-state index contributed by atoms with van der Waals surface area (Å²) in [5.41, 5.74) is 2.52. The Morgan fingerprint density at radius 2 is 1.72 bits per heavy atom. The van der Waals surface area contributed by atoms with E-state index in [9.17, 15) is 9.59 Å². The van der Waals surface area contributed by atoms with E-state index < -0.39 is 5.97 Å². The molecule has 0 atom stereocenters. The summed E-state index contributed by atoms with van der Waals surface area (Å²) in [7, 11) is 0. The number of aryl methyl sites for hydroxylation is 1. The number of carbonyl (C=O) groups is 2. The number of nitrogens with one attached hydrogen (secondary N) is 1. The van der Waals surface area contributed by atoms with Gasteiger partial charge in [-0.25, -0.2) is 4.79 Å². The van der Waals surface area contributed by atoms with Crippen LogP contribution in [-0.4, -0.2) is 17.0 Å². The van der Waals surface area contributed by atoms with Crippen molar-refractivity contribution in [1.82, 2.24) is 0 Å². The molecule has 3 aromatic carbocycles. The average molecular weight is 446 g/mol. The van der Waals surface area contributed by atoms with E-state index in [0.29, 0.717) is 28.3 Å². The molecule has 0 aromatic heterocycles. The van der Waals surface area contributed by atoms with Crippen molar-refractivity contribution in [2.45, 2.75) is 13.3 Å². The van der Waals surface area contributed by atoms with Crippen LogP contribution in [0.2, 0.25) is 5.02 Å². The first-order valence-electron chi connectivity index (χ1n) is 9.34. The minimum atomic E-state index is -1.04. The molecule has 0 saturated carbocycles. The second kappa shape index (κ2) is 9.65. The Morgan fingerprint density at radius 1 is 1.03 bits per heavy atom. The highest BCUT2D eigenvalue weighted by Crippen LogP contribution is 2.31. The molecule has 3 aromatic rings. The van der Waals surface area contributed by atoms with Crippen molar-refractivity contribution < 1.29 is 19.4 Å². The maximum absolute atomic E-state index is 12.4. The van der Waals surface area contributed by atoms with Gasteiger partial charge in [0.25, 0.3) is 0 Å². The number of carboxylic acids is 1. The maximum atomic E-state index is 12.4. The molecule has 0 aliphatic heterocycles. The monoisotopic (exact) mass is 445 g/mol. The summed E-state index contributed by atoms with van der Waals surface area (Å²) < 4.78 is 5.71. The van der Waals surface area contributed by atoms with E-state index in [1.807, 2.05) is 12.1 Å². The second-order valence-electron chi connectivity index (χ2n) is 6.90. The van der Waals surface area contributed by atoms with E-state index in [1.165, 1.54) is 30.3 Å². The molecule has 8 heteroatoms. The van der Waals surface area contributed by atoms with Gasteiger partial charge in [0.2, 0.25) is 5.91 Å². The fraction of sp³-hybridized carbons (Fsp3) is 0.0833. The Hall–Kier alpha value is -4.33. The van der Waals surface area contributed by atoms with Gasteiger partial charge < -0.3 is 15.2 Å². The molecule has 7 nitrogen and oxygen atoms in total. The Balaban J connectivity index is 1.71. The number of nitrogens with zero attached hydrogens (tertiary/aromatic N) is 2. The minimum absolute atomic E-state index is 0.0443. The highest BCUT2D eigenvalue weighted by molar-refractivity contribution is 6.32. The standard InChI is InChI=1S/C24H16ClN3O4/c1-14-6-18(24(30)31)3-4-21(14)28-23(29)11-15-2-5-22(20(25)10-15)32-19-8-16(12-26)7-17(9-19)13-27/h2-10H,11H2,1H3,(H,28,29)(H,30,31). The lowest BCUT2D eigenvalue weighted by molar-refractivity contribution is -0.115. The van der Waals surface area contributed by atoms with Gasteiger partial charge in [-0.1, -0.05) is 17.7 Å². The van der Waals surface area contributed by atoms with Crippen LogP contribution in [0.5, 0.6) is 11.5 Å². The number of hydrogen-bond acceptors (Lipinski definition) is 5. The van der Waals surface area contributed by atoms with Gasteiger partial charge in [-0.05, 0) is 66.6 Å². The van der Waals surface area contributed by atoms with E-state index in [1.54, 1.807) is 31.2 Å². The molecule has 32 heavy (non-hydrogen) atoms. The van der Waals surface area contributed by atoms with Gasteiger partial charge in [-0.3, -0.25) is 4.79 Å². The lowest BCUT2D eigenvalue weighted by Crippen LogP contribution is -2.15. The van der Waals surface area contributed by atoms with Crippen molar-refractivity contribution in [3.63, 3.8) is 0 Å². The number of carboxylic acid groups (broad SMARTS) is 1. The lowest BCUT2D eigenvalue weighted by atomic mass is 10.1. The van der Waals surface area contributed by atoms with Crippen LogP contribution in [0.1, 0.15) is 32.6 Å². The first kappa shape index (κ1) is 22.4. The van der Waals surface area contributed by atoms with E-state index in [4.69, 9.17) is 32.0 Å². The molecule has 0 saturated heterocycles. The van der Waals surface area contributed by atoms with Crippen molar-refractivity contribution in [3.05, 3.63) is 87.4 Å². The predicted octanol–water partition coefficient (Wildman–Crippen LogP) is 5.06. The summed E-state index contributed by atoms with van der Waals surface area (Å²) in [6, 6.07) is 17.7. The molecule has 1 amide bonds. The first-order valence-corrected chi connectivity index (χ1v) is 9.72.